The van der Waals surface area contributed by atoms with Crippen molar-refractivity contribution >= 4 is 5.69 Å². The van der Waals surface area contributed by atoms with Gasteiger partial charge in [-0.15, -0.1) is 0 Å². The van der Waals surface area contributed by atoms with Crippen LogP contribution in [0.3, 0.4) is 0 Å². The zero-order chi connectivity index (χ0) is 10.5. The average Bonchev–Trinajstić information content (AvgIpc) is 2.29. The smallest absolute Gasteiger partial charge is 0.0447 e. The van der Waals surface area contributed by atoms with Gasteiger partial charge in [0.05, 0.1) is 0 Å². The summed E-state index contributed by atoms with van der Waals surface area (Å²) in [5.41, 5.74) is 5.27. The van der Waals surface area contributed by atoms with Crippen LogP contribution in [0.5, 0.6) is 0 Å². The molecule has 0 bridgehead atoms. The van der Waals surface area contributed by atoms with Gasteiger partial charge in [0.15, 0.2) is 0 Å². The molecule has 1 aliphatic rings. The van der Waals surface area contributed by atoms with Gasteiger partial charge in [0.25, 0.3) is 0 Å². The van der Waals surface area contributed by atoms with Crippen molar-refractivity contribution < 1.29 is 18.6 Å². The molecule has 1 heterocycles. The number of nitrogens with zero attached hydrogens (tertiary/aromatic N) is 1. The van der Waals surface area contributed by atoms with Crippen LogP contribution in [0.2, 0.25) is 0 Å². The van der Waals surface area contributed by atoms with Gasteiger partial charge in [0, 0.05) is 42.4 Å². The van der Waals surface area contributed by atoms with E-state index in [4.69, 9.17) is 0 Å². The van der Waals surface area contributed by atoms with Crippen LogP contribution in [0.15, 0.2) is 30.5 Å². The Balaban J connectivity index is 0.00000112. The molecule has 0 spiro atoms. The van der Waals surface area contributed by atoms with Gasteiger partial charge in [0.1, 0.15) is 0 Å². The van der Waals surface area contributed by atoms with Gasteiger partial charge >= 0.3 is 0 Å². The van der Waals surface area contributed by atoms with Crippen molar-refractivity contribution in [3.8, 4) is 0 Å². The van der Waals surface area contributed by atoms with Crippen LogP contribution in [-0.4, -0.2) is 7.05 Å². The Morgan fingerprint density at radius 1 is 1.27 bits per heavy atom. The summed E-state index contributed by atoms with van der Waals surface area (Å²) in [6.07, 6.45) is 0. The molecule has 1 aromatic rings. The first-order chi connectivity index (χ1) is 6.44. The summed E-state index contributed by atoms with van der Waals surface area (Å²) in [5, 5.41) is 0. The van der Waals surface area contributed by atoms with Crippen molar-refractivity contribution in [2.24, 2.45) is 0 Å². The van der Waals surface area contributed by atoms with E-state index < -0.39 is 0 Å². The number of fused-ring (bicyclic) bond motifs is 1. The number of hydrogen-bond donors (Lipinski definition) is 0. The molecule has 0 atom stereocenters. The second kappa shape index (κ2) is 3.73. The van der Waals surface area contributed by atoms with Crippen LogP contribution in [0.25, 0.3) is 0 Å². The number of hydrogen-bond acceptors (Lipinski definition) is 1. The summed E-state index contributed by atoms with van der Waals surface area (Å²) in [5.74, 6) is 0. The number of aryl methyl sites for hydroxylation is 1. The van der Waals surface area contributed by atoms with Crippen molar-refractivity contribution in [1.29, 1.82) is 0 Å². The largest absolute Gasteiger partial charge is 0.348 e. The number of allylic oxidation sites excluding steroid dienone is 1. The molecule has 15 heavy (non-hydrogen) atoms. The number of likely N-dealkylation sites (N-methyl/N-ethyl adjacent to an activating group) is 1. The molecular weight excluding hydrogens is 221 g/mol. The normalized spacial score (nSPS) is 17.3. The molecule has 1 aliphatic heterocycles. The van der Waals surface area contributed by atoms with Crippen molar-refractivity contribution in [1.82, 2.24) is 0 Å². The van der Waals surface area contributed by atoms with Crippen molar-refractivity contribution in [2.75, 3.05) is 11.9 Å². The fourth-order valence-corrected chi connectivity index (χ4v) is 2.16. The minimum absolute atomic E-state index is 0. The third-order valence-electron chi connectivity index (χ3n) is 3.31. The molecular formula is C13H17NV. The van der Waals surface area contributed by atoms with E-state index in [9.17, 15) is 0 Å². The Morgan fingerprint density at radius 3 is 2.47 bits per heavy atom. The maximum Gasteiger partial charge on any atom is 0.0447 e. The summed E-state index contributed by atoms with van der Waals surface area (Å²) in [4.78, 5) is 2.19. The predicted molar refractivity (Wildman–Crippen MR) is 61.7 cm³/mol. The van der Waals surface area contributed by atoms with Crippen LogP contribution in [0.4, 0.5) is 5.69 Å². The molecule has 0 N–H and O–H groups in total. The number of rotatable bonds is 0. The Kier molecular flexibility index (Phi) is 3.09. The van der Waals surface area contributed by atoms with E-state index in [1.165, 1.54) is 22.5 Å². The van der Waals surface area contributed by atoms with Gasteiger partial charge in [-0.25, -0.2) is 0 Å². The number of anilines is 1. The van der Waals surface area contributed by atoms with Crippen molar-refractivity contribution in [2.45, 2.75) is 26.2 Å². The monoisotopic (exact) mass is 238 g/mol. The molecule has 79 valence electrons. The van der Waals surface area contributed by atoms with Gasteiger partial charge in [0.2, 0.25) is 0 Å². The zero-order valence-corrected chi connectivity index (χ0v) is 11.2. The molecule has 1 radical (unpaired) electrons. The average molecular weight is 238 g/mol. The minimum atomic E-state index is 0. The Bertz CT molecular complexity index is 407. The second-order valence-electron chi connectivity index (χ2n) is 4.65. The third kappa shape index (κ3) is 1.64. The standard InChI is InChI=1S/C13H17N.V/c1-9-6-7-12-11(8-9)13(3,4)10(2)14(12)5;/h6-8H,2H2,1,3-5H3;. The van der Waals surface area contributed by atoms with Crippen LogP contribution < -0.4 is 4.90 Å². The number of benzene rings is 1. The Hall–Kier alpha value is -0.656. The summed E-state index contributed by atoms with van der Waals surface area (Å²) in [6, 6.07) is 6.61. The summed E-state index contributed by atoms with van der Waals surface area (Å²) < 4.78 is 0. The zero-order valence-electron chi connectivity index (χ0n) is 9.83. The van der Waals surface area contributed by atoms with Crippen LogP contribution in [0, 0.1) is 6.92 Å². The second-order valence-corrected chi connectivity index (χ2v) is 4.65. The van der Waals surface area contributed by atoms with Crippen LogP contribution in [0.1, 0.15) is 25.0 Å². The van der Waals surface area contributed by atoms with E-state index >= 15 is 0 Å². The first-order valence-corrected chi connectivity index (χ1v) is 4.99. The molecule has 0 saturated heterocycles. The van der Waals surface area contributed by atoms with Gasteiger partial charge < -0.3 is 4.90 Å². The topological polar surface area (TPSA) is 3.24 Å². The molecule has 0 fully saturated rings. The predicted octanol–water partition coefficient (Wildman–Crippen LogP) is 3.23. The van der Waals surface area contributed by atoms with E-state index in [0.29, 0.717) is 0 Å². The first-order valence-electron chi connectivity index (χ1n) is 4.99. The quantitative estimate of drug-likeness (QED) is 0.670. The van der Waals surface area contributed by atoms with E-state index in [0.717, 1.165) is 0 Å². The Morgan fingerprint density at radius 2 is 1.87 bits per heavy atom. The summed E-state index contributed by atoms with van der Waals surface area (Å²) >= 11 is 0. The third-order valence-corrected chi connectivity index (χ3v) is 3.31. The molecule has 0 amide bonds. The summed E-state index contributed by atoms with van der Waals surface area (Å²) in [6.45, 7) is 10.8. The SMILES string of the molecule is C=C1N(C)c2ccc(C)cc2C1(C)C.[V]. The van der Waals surface area contributed by atoms with E-state index in [-0.39, 0.29) is 24.0 Å². The van der Waals surface area contributed by atoms with Crippen molar-refractivity contribution in [3.63, 3.8) is 0 Å². The van der Waals surface area contributed by atoms with E-state index in [2.05, 4.69) is 57.5 Å². The fraction of sp³-hybridized carbons (Fsp3) is 0.385. The molecule has 0 aliphatic carbocycles. The van der Waals surface area contributed by atoms with Gasteiger partial charge in [-0.3, -0.25) is 0 Å². The van der Waals surface area contributed by atoms with Crippen LogP contribution in [-0.2, 0) is 24.0 Å². The van der Waals surface area contributed by atoms with Gasteiger partial charge in [-0.2, -0.15) is 0 Å². The molecule has 0 unspecified atom stereocenters. The molecule has 0 saturated carbocycles. The van der Waals surface area contributed by atoms with Gasteiger partial charge in [-0.1, -0.05) is 38.1 Å². The first kappa shape index (κ1) is 12.4. The Labute approximate surface area is 104 Å². The van der Waals surface area contributed by atoms with E-state index in [1.54, 1.807) is 0 Å². The maximum atomic E-state index is 4.16. The van der Waals surface area contributed by atoms with Gasteiger partial charge in [-0.05, 0) is 18.6 Å². The molecule has 2 heteroatoms. The molecule has 0 aromatic heterocycles. The summed E-state index contributed by atoms with van der Waals surface area (Å²) in [7, 11) is 2.09. The minimum Gasteiger partial charge on any atom is -0.348 e. The fourth-order valence-electron chi connectivity index (χ4n) is 2.16. The molecule has 1 aromatic carbocycles. The molecule has 1 nitrogen and oxygen atoms in total. The maximum absolute atomic E-state index is 4.16. The van der Waals surface area contributed by atoms with Crippen LogP contribution >= 0.6 is 0 Å². The molecule has 2 rings (SSSR count). The van der Waals surface area contributed by atoms with Crippen molar-refractivity contribution in [3.05, 3.63) is 41.6 Å². The van der Waals surface area contributed by atoms with E-state index in [1.807, 2.05) is 0 Å².